The molecule has 0 heterocycles. The van der Waals surface area contributed by atoms with Gasteiger partial charge in [0.2, 0.25) is 0 Å². The highest BCUT2D eigenvalue weighted by Gasteiger charge is 2.22. The average Bonchev–Trinajstić information content (AvgIpc) is 2.13. The van der Waals surface area contributed by atoms with Crippen molar-refractivity contribution in [2.45, 2.75) is 32.8 Å². The predicted molar refractivity (Wildman–Crippen MR) is 54.4 cm³/mol. The van der Waals surface area contributed by atoms with Gasteiger partial charge in [0.15, 0.2) is 0 Å². The van der Waals surface area contributed by atoms with E-state index in [2.05, 4.69) is 0 Å². The van der Waals surface area contributed by atoms with Crippen LogP contribution in [0.4, 0.5) is 0 Å². The van der Waals surface area contributed by atoms with Crippen molar-refractivity contribution in [3.63, 3.8) is 0 Å². The summed E-state index contributed by atoms with van der Waals surface area (Å²) in [5, 5.41) is 28.8. The van der Waals surface area contributed by atoms with Crippen molar-refractivity contribution in [2.75, 3.05) is 0 Å². The van der Waals surface area contributed by atoms with E-state index in [1.807, 2.05) is 6.92 Å². The van der Waals surface area contributed by atoms with Crippen LogP contribution in [-0.4, -0.2) is 15.3 Å². The minimum Gasteiger partial charge on any atom is -0.508 e. The number of hydrogen-bond donors (Lipinski definition) is 3. The molecule has 0 spiro atoms. The minimum atomic E-state index is -1.01. The van der Waals surface area contributed by atoms with Gasteiger partial charge in [0, 0.05) is 5.56 Å². The van der Waals surface area contributed by atoms with Crippen LogP contribution >= 0.6 is 0 Å². The number of rotatable bonds is 2. The first kappa shape index (κ1) is 10.9. The van der Waals surface area contributed by atoms with Crippen LogP contribution < -0.4 is 0 Å². The van der Waals surface area contributed by atoms with E-state index in [0.29, 0.717) is 17.5 Å². The van der Waals surface area contributed by atoms with Gasteiger partial charge in [0.25, 0.3) is 0 Å². The first-order chi connectivity index (χ1) is 6.38. The third kappa shape index (κ3) is 1.82. The van der Waals surface area contributed by atoms with Crippen LogP contribution in [0.25, 0.3) is 0 Å². The standard InChI is InChI=1S/C11H16O3/c1-4-11(3,14)8-5-9(12)7(2)10(13)6-8/h5-6,12-14H,4H2,1-3H3/t11-/m0/s1. The molecule has 0 unspecified atom stereocenters. The lowest BCUT2D eigenvalue weighted by molar-refractivity contribution is 0.0526. The first-order valence-corrected chi connectivity index (χ1v) is 4.64. The molecule has 3 heteroatoms. The fraction of sp³-hybridized carbons (Fsp3) is 0.455. The van der Waals surface area contributed by atoms with Crippen molar-refractivity contribution in [2.24, 2.45) is 0 Å². The van der Waals surface area contributed by atoms with E-state index in [1.54, 1.807) is 13.8 Å². The number of phenols is 2. The normalized spacial score (nSPS) is 15.1. The number of aliphatic hydroxyl groups is 1. The third-order valence-electron chi connectivity index (χ3n) is 2.66. The van der Waals surface area contributed by atoms with Gasteiger partial charge < -0.3 is 15.3 Å². The third-order valence-corrected chi connectivity index (χ3v) is 2.66. The fourth-order valence-corrected chi connectivity index (χ4v) is 1.20. The molecule has 0 aliphatic heterocycles. The number of aromatic hydroxyl groups is 2. The molecule has 78 valence electrons. The SMILES string of the molecule is CC[C@](C)(O)c1cc(O)c(C)c(O)c1. The van der Waals surface area contributed by atoms with Crippen LogP contribution in [0.2, 0.25) is 0 Å². The van der Waals surface area contributed by atoms with Gasteiger partial charge in [-0.15, -0.1) is 0 Å². The Morgan fingerprint density at radius 1 is 1.21 bits per heavy atom. The van der Waals surface area contributed by atoms with Crippen molar-refractivity contribution in [3.05, 3.63) is 23.3 Å². The maximum atomic E-state index is 9.91. The zero-order valence-corrected chi connectivity index (χ0v) is 8.70. The van der Waals surface area contributed by atoms with Gasteiger partial charge in [0.05, 0.1) is 5.60 Å². The lowest BCUT2D eigenvalue weighted by Gasteiger charge is -2.22. The van der Waals surface area contributed by atoms with Crippen LogP contribution in [0, 0.1) is 6.92 Å². The van der Waals surface area contributed by atoms with Crippen molar-refractivity contribution >= 4 is 0 Å². The Kier molecular flexibility index (Phi) is 2.71. The second kappa shape index (κ2) is 3.50. The first-order valence-electron chi connectivity index (χ1n) is 4.64. The summed E-state index contributed by atoms with van der Waals surface area (Å²) in [4.78, 5) is 0. The molecule has 0 aliphatic carbocycles. The van der Waals surface area contributed by atoms with Gasteiger partial charge >= 0.3 is 0 Å². The van der Waals surface area contributed by atoms with Crippen LogP contribution in [0.5, 0.6) is 11.5 Å². The number of phenolic OH excluding ortho intramolecular Hbond substituents is 2. The van der Waals surface area contributed by atoms with Crippen molar-refractivity contribution < 1.29 is 15.3 Å². The zero-order valence-electron chi connectivity index (χ0n) is 8.70. The molecule has 0 fully saturated rings. The number of benzene rings is 1. The van der Waals surface area contributed by atoms with Gasteiger partial charge in [0.1, 0.15) is 11.5 Å². The summed E-state index contributed by atoms with van der Waals surface area (Å²) >= 11 is 0. The Morgan fingerprint density at radius 3 is 2.00 bits per heavy atom. The van der Waals surface area contributed by atoms with Crippen molar-refractivity contribution in [3.8, 4) is 11.5 Å². The highest BCUT2D eigenvalue weighted by molar-refractivity contribution is 5.46. The van der Waals surface area contributed by atoms with Gasteiger partial charge in [-0.05, 0) is 38.0 Å². The predicted octanol–water partition coefficient (Wildman–Crippen LogP) is 2.02. The Bertz CT molecular complexity index is 319. The van der Waals surface area contributed by atoms with E-state index in [4.69, 9.17) is 0 Å². The molecule has 0 aliphatic rings. The van der Waals surface area contributed by atoms with E-state index in [-0.39, 0.29) is 11.5 Å². The monoisotopic (exact) mass is 196 g/mol. The quantitative estimate of drug-likeness (QED) is 0.678. The Hall–Kier alpha value is -1.22. The molecule has 0 aromatic heterocycles. The molecule has 14 heavy (non-hydrogen) atoms. The second-order valence-electron chi connectivity index (χ2n) is 3.77. The number of hydrogen-bond acceptors (Lipinski definition) is 3. The molecule has 3 nitrogen and oxygen atoms in total. The van der Waals surface area contributed by atoms with Crippen LogP contribution in [-0.2, 0) is 5.60 Å². The molecule has 1 atom stereocenters. The lowest BCUT2D eigenvalue weighted by Crippen LogP contribution is -2.19. The molecule has 0 saturated heterocycles. The van der Waals surface area contributed by atoms with Gasteiger partial charge in [-0.25, -0.2) is 0 Å². The average molecular weight is 196 g/mol. The molecule has 1 aromatic rings. The van der Waals surface area contributed by atoms with E-state index in [9.17, 15) is 15.3 Å². The van der Waals surface area contributed by atoms with Crippen molar-refractivity contribution in [1.82, 2.24) is 0 Å². The topological polar surface area (TPSA) is 60.7 Å². The highest BCUT2D eigenvalue weighted by atomic mass is 16.3. The molecule has 0 bridgehead atoms. The second-order valence-corrected chi connectivity index (χ2v) is 3.77. The minimum absolute atomic E-state index is 0.00808. The Labute approximate surface area is 83.6 Å². The summed E-state index contributed by atoms with van der Waals surface area (Å²) in [6, 6.07) is 2.97. The summed E-state index contributed by atoms with van der Waals surface area (Å²) in [6.45, 7) is 5.11. The maximum Gasteiger partial charge on any atom is 0.122 e. The molecular formula is C11H16O3. The van der Waals surface area contributed by atoms with E-state index < -0.39 is 5.60 Å². The molecule has 1 aromatic carbocycles. The van der Waals surface area contributed by atoms with Crippen molar-refractivity contribution in [1.29, 1.82) is 0 Å². The molecule has 0 saturated carbocycles. The summed E-state index contributed by atoms with van der Waals surface area (Å²) in [7, 11) is 0. The van der Waals surface area contributed by atoms with E-state index in [0.717, 1.165) is 0 Å². The van der Waals surface area contributed by atoms with Crippen LogP contribution in [0.3, 0.4) is 0 Å². The maximum absolute atomic E-state index is 9.91. The van der Waals surface area contributed by atoms with Gasteiger partial charge in [-0.1, -0.05) is 6.92 Å². The summed E-state index contributed by atoms with van der Waals surface area (Å²) in [5.41, 5.74) is -0.0518. The van der Waals surface area contributed by atoms with E-state index in [1.165, 1.54) is 12.1 Å². The molecular weight excluding hydrogens is 180 g/mol. The van der Waals surface area contributed by atoms with Gasteiger partial charge in [-0.2, -0.15) is 0 Å². The van der Waals surface area contributed by atoms with Crippen LogP contribution in [0.15, 0.2) is 12.1 Å². The molecule has 3 N–H and O–H groups in total. The molecule has 1 rings (SSSR count). The Balaban J connectivity index is 3.26. The largest absolute Gasteiger partial charge is 0.508 e. The van der Waals surface area contributed by atoms with Crippen LogP contribution in [0.1, 0.15) is 31.4 Å². The van der Waals surface area contributed by atoms with E-state index >= 15 is 0 Å². The summed E-state index contributed by atoms with van der Waals surface area (Å²) < 4.78 is 0. The highest BCUT2D eigenvalue weighted by Crippen LogP contribution is 2.33. The zero-order chi connectivity index (χ0) is 10.9. The lowest BCUT2D eigenvalue weighted by atomic mass is 9.92. The molecule has 0 radical (unpaired) electrons. The summed E-state index contributed by atoms with van der Waals surface area (Å²) in [5.74, 6) is 0.0162. The smallest absolute Gasteiger partial charge is 0.122 e. The Morgan fingerprint density at radius 2 is 1.64 bits per heavy atom. The fourth-order valence-electron chi connectivity index (χ4n) is 1.20. The molecule has 0 amide bonds. The van der Waals surface area contributed by atoms with Gasteiger partial charge in [-0.3, -0.25) is 0 Å². The summed E-state index contributed by atoms with van der Waals surface area (Å²) in [6.07, 6.45) is 0.523.